The molecule has 0 spiro atoms. The number of carboxylic acids is 1. The van der Waals surface area contributed by atoms with Crippen LogP contribution in [0, 0.1) is 0 Å². The first-order valence-electron chi connectivity index (χ1n) is 22.9. The topological polar surface area (TPSA) is 756 Å². The van der Waals surface area contributed by atoms with Crippen LogP contribution in [0.15, 0.2) is 0 Å². The average Bonchev–Trinajstić information content (AvgIpc) is 3.30. The molecule has 41 heteroatoms. The van der Waals surface area contributed by atoms with Crippen LogP contribution in [0.5, 0.6) is 0 Å². The zero-order chi connectivity index (χ0) is 62.8. The Balaban J connectivity index is 6.87. The third-order valence-corrected chi connectivity index (χ3v) is 10.1. The molecule has 0 aromatic rings. The van der Waals surface area contributed by atoms with Gasteiger partial charge in [0.15, 0.2) is 0 Å². The van der Waals surface area contributed by atoms with Crippen LogP contribution in [0.3, 0.4) is 0 Å². The van der Waals surface area contributed by atoms with Gasteiger partial charge in [0.05, 0.1) is 70.3 Å². The van der Waals surface area contributed by atoms with E-state index in [1.54, 1.807) is 0 Å². The fourth-order valence-corrected chi connectivity index (χ4v) is 6.45. The number of primary amides is 10. The van der Waals surface area contributed by atoms with Crippen LogP contribution in [-0.4, -0.2) is 184 Å². The van der Waals surface area contributed by atoms with Crippen LogP contribution < -0.4 is 111 Å². The van der Waals surface area contributed by atoms with E-state index in [2.05, 4.69) is 0 Å². The Bertz CT molecular complexity index is 2540. The lowest BCUT2D eigenvalue weighted by Crippen LogP contribution is -2.62. The number of hydrogen-bond acceptors (Lipinski definition) is 21. The van der Waals surface area contributed by atoms with Gasteiger partial charge in [0.1, 0.15) is 54.4 Å². The molecular weight excluding hydrogens is 1100 g/mol. The monoisotopic (exact) mass is 1160 g/mol. The van der Waals surface area contributed by atoms with E-state index in [0.717, 1.165) is 0 Å². The molecule has 0 bridgehead atoms. The highest BCUT2D eigenvalue weighted by Crippen LogP contribution is 2.07. The molecule has 448 valence electrons. The number of carboxylic acid groups (broad SMARTS) is 1. The Kier molecular flexibility index (Phi) is 29.1. The van der Waals surface area contributed by atoms with Gasteiger partial charge in [-0.15, -0.1) is 0 Å². The molecule has 10 atom stereocenters. The van der Waals surface area contributed by atoms with Gasteiger partial charge in [-0.25, -0.2) is 4.79 Å². The highest BCUT2D eigenvalue weighted by Gasteiger charge is 2.38. The molecule has 0 aliphatic heterocycles. The number of nitrogens with one attached hydrogen (secondary N) is 9. The molecule has 41 nitrogen and oxygen atoms in total. The van der Waals surface area contributed by atoms with Gasteiger partial charge in [0, 0.05) is 0 Å². The number of carbonyl (C=O) groups excluding carboxylic acids is 19. The van der Waals surface area contributed by atoms with Crippen molar-refractivity contribution in [2.75, 3.05) is 0 Å². The lowest BCUT2D eigenvalue weighted by atomic mass is 10.1. The van der Waals surface area contributed by atoms with Gasteiger partial charge in [0.25, 0.3) is 0 Å². The van der Waals surface area contributed by atoms with Crippen molar-refractivity contribution in [3.05, 3.63) is 0 Å². The van der Waals surface area contributed by atoms with Gasteiger partial charge in [-0.3, -0.25) is 91.1 Å². The smallest absolute Gasteiger partial charge is 0.326 e. The molecule has 0 saturated carbocycles. The minimum atomic E-state index is -2.27. The van der Waals surface area contributed by atoms with Crippen molar-refractivity contribution in [3.63, 3.8) is 0 Å². The molecule has 0 radical (unpaired) electrons. The summed E-state index contributed by atoms with van der Waals surface area (Å²) in [5.41, 5.74) is 57.3. The molecule has 0 heterocycles. The highest BCUT2D eigenvalue weighted by atomic mass is 16.4. The maximum Gasteiger partial charge on any atom is 0.326 e. The van der Waals surface area contributed by atoms with Crippen LogP contribution in [0.4, 0.5) is 0 Å². The predicted octanol–water partition coefficient (Wildman–Crippen LogP) is -16.5. The van der Waals surface area contributed by atoms with Gasteiger partial charge < -0.3 is 116 Å². The highest BCUT2D eigenvalue weighted by molar-refractivity contribution is 6.03. The summed E-state index contributed by atoms with van der Waals surface area (Å²) >= 11 is 0. The van der Waals surface area contributed by atoms with Gasteiger partial charge in [-0.05, 0) is 0 Å². The standard InChI is InChI=1S/C40H62N20O21/c41-11(1-21(42)61)31(71)52-12(2-22(43)62)32(72)53-13(3-23(44)63)33(73)54-14(4-24(45)64)34(74)55-15(5-25(46)65)35(75)56-16(6-26(47)66)36(76)57-17(7-27(48)67)37(77)58-18(8-28(49)68)38(78)59-19(9-29(50)69)39(79)60-20(40(80)81)10-30(51)70/h11-20H,1-10,41H2,(H2,42,61)(H2,43,62)(H2,44,63)(H2,45,64)(H2,46,65)(H2,47,66)(H2,48,67)(H2,49,68)(H2,50,69)(H2,51,70)(H,52,71)(H,53,72)(H,54,73)(H,55,74)(H,56,75)(H,57,76)(H,58,77)(H,59,78)(H,60,79)(H,80,81)/t11-,12-,13-,14-,15-,16-,17-,18-,19-,20-/m0/s1. The van der Waals surface area contributed by atoms with Crippen LogP contribution in [0.1, 0.15) is 64.2 Å². The molecular formula is C40H62N20O21. The fraction of sp³-hybridized carbons (Fsp3) is 0.500. The Morgan fingerprint density at radius 2 is 0.346 bits per heavy atom. The molecule has 0 aliphatic rings. The lowest BCUT2D eigenvalue weighted by molar-refractivity contribution is -0.144. The first-order chi connectivity index (χ1) is 37.3. The minimum absolute atomic E-state index is 0.742. The zero-order valence-electron chi connectivity index (χ0n) is 42.3. The van der Waals surface area contributed by atoms with Crippen LogP contribution >= 0.6 is 0 Å². The van der Waals surface area contributed by atoms with E-state index in [0.29, 0.717) is 0 Å². The molecule has 0 saturated heterocycles. The van der Waals surface area contributed by atoms with E-state index in [4.69, 9.17) is 63.1 Å². The van der Waals surface area contributed by atoms with Gasteiger partial charge in [0.2, 0.25) is 112 Å². The zero-order valence-corrected chi connectivity index (χ0v) is 42.3. The summed E-state index contributed by atoms with van der Waals surface area (Å²) < 4.78 is 0. The second kappa shape index (κ2) is 33.5. The summed E-state index contributed by atoms with van der Waals surface area (Å²) in [4.78, 5) is 251. The van der Waals surface area contributed by atoms with Crippen LogP contribution in [0.25, 0.3) is 0 Å². The molecule has 0 unspecified atom stereocenters. The summed E-state index contributed by atoms with van der Waals surface area (Å²) in [5.74, 6) is -28.4. The van der Waals surface area contributed by atoms with Crippen molar-refractivity contribution >= 4 is 118 Å². The van der Waals surface area contributed by atoms with Crippen molar-refractivity contribution in [1.82, 2.24) is 47.9 Å². The summed E-state index contributed by atoms with van der Waals surface area (Å²) in [6, 6.07) is -21.0. The molecule has 0 fully saturated rings. The molecule has 32 N–H and O–H groups in total. The van der Waals surface area contributed by atoms with E-state index >= 15 is 0 Å². The van der Waals surface area contributed by atoms with Crippen LogP contribution in [-0.2, 0) is 95.9 Å². The SMILES string of the molecule is NC(=O)C[C@H](NC(=O)[C@H](CC(N)=O)NC(=O)[C@H](CC(N)=O)NC(=O)[C@H](CC(N)=O)NC(=O)[C@H](CC(N)=O)NC(=O)[C@H](CC(N)=O)NC(=O)[C@H](CC(N)=O)NC(=O)[C@H](CC(N)=O)NC(=O)[C@H](CC(N)=O)NC(=O)[C@@H](N)CC(N)=O)C(=O)O. The maximum atomic E-state index is 13.7. The molecule has 0 rings (SSSR count). The summed E-state index contributed by atoms with van der Waals surface area (Å²) in [6.07, 6.45) is -10.8. The Morgan fingerprint density at radius 3 is 0.481 bits per heavy atom. The number of rotatable bonds is 39. The normalized spacial score (nSPS) is 14.3. The van der Waals surface area contributed by atoms with Crippen molar-refractivity contribution in [2.24, 2.45) is 63.1 Å². The molecule has 0 aliphatic carbocycles. The Morgan fingerprint density at radius 1 is 0.222 bits per heavy atom. The average molecular weight is 1160 g/mol. The van der Waals surface area contributed by atoms with Crippen LogP contribution in [0.2, 0.25) is 0 Å². The number of amides is 19. The van der Waals surface area contributed by atoms with Crippen molar-refractivity contribution < 1.29 is 101 Å². The largest absolute Gasteiger partial charge is 0.480 e. The Hall–Kier alpha value is -10.6. The Labute approximate surface area is 454 Å². The number of nitrogens with two attached hydrogens (primary N) is 11. The third kappa shape index (κ3) is 28.4. The molecule has 81 heavy (non-hydrogen) atoms. The van der Waals surface area contributed by atoms with E-state index in [1.807, 2.05) is 47.9 Å². The van der Waals surface area contributed by atoms with Crippen molar-refractivity contribution in [3.8, 4) is 0 Å². The number of hydrogen-bond donors (Lipinski definition) is 21. The minimum Gasteiger partial charge on any atom is -0.480 e. The second-order valence-electron chi connectivity index (χ2n) is 17.2. The molecule has 0 aromatic heterocycles. The predicted molar refractivity (Wildman–Crippen MR) is 261 cm³/mol. The second-order valence-corrected chi connectivity index (χ2v) is 17.2. The summed E-state index contributed by atoms with van der Waals surface area (Å²) in [6.45, 7) is 0. The van der Waals surface area contributed by atoms with E-state index in [9.17, 15) is 101 Å². The summed E-state index contributed by atoms with van der Waals surface area (Å²) in [5, 5.41) is 26.5. The van der Waals surface area contributed by atoms with Crippen molar-refractivity contribution in [1.29, 1.82) is 0 Å². The quantitative estimate of drug-likeness (QED) is 0.0272. The molecule has 0 aromatic carbocycles. The number of carbonyl (C=O) groups is 20. The maximum absolute atomic E-state index is 13.7. The molecule has 19 amide bonds. The fourth-order valence-electron chi connectivity index (χ4n) is 6.45. The van der Waals surface area contributed by atoms with Gasteiger partial charge >= 0.3 is 5.97 Å². The summed E-state index contributed by atoms with van der Waals surface area (Å²) in [7, 11) is 0. The van der Waals surface area contributed by atoms with Crippen molar-refractivity contribution in [2.45, 2.75) is 125 Å². The first kappa shape index (κ1) is 70.4. The van der Waals surface area contributed by atoms with E-state index in [-0.39, 0.29) is 0 Å². The number of aliphatic carboxylic acids is 1. The third-order valence-electron chi connectivity index (χ3n) is 10.1. The van der Waals surface area contributed by atoms with Gasteiger partial charge in [-0.2, -0.15) is 0 Å². The van der Waals surface area contributed by atoms with Gasteiger partial charge in [-0.1, -0.05) is 0 Å². The lowest BCUT2D eigenvalue weighted by Gasteiger charge is -2.27. The first-order valence-corrected chi connectivity index (χ1v) is 22.9. The van der Waals surface area contributed by atoms with E-state index < -0.39 is 243 Å². The van der Waals surface area contributed by atoms with E-state index in [1.165, 1.54) is 0 Å².